The molecule has 0 fully saturated rings. The van der Waals surface area contributed by atoms with Crippen molar-refractivity contribution < 1.29 is 14.2 Å². The van der Waals surface area contributed by atoms with Crippen LogP contribution in [0.5, 0.6) is 5.75 Å². The van der Waals surface area contributed by atoms with E-state index in [0.717, 1.165) is 5.56 Å². The van der Waals surface area contributed by atoms with Gasteiger partial charge in [0.2, 0.25) is 0 Å². The highest BCUT2D eigenvalue weighted by Gasteiger charge is 2.07. The number of halogens is 1. The van der Waals surface area contributed by atoms with E-state index in [2.05, 4.69) is 10.4 Å². The number of para-hydroxylation sites is 1. The van der Waals surface area contributed by atoms with Gasteiger partial charge in [-0.25, -0.2) is 4.39 Å². The minimum absolute atomic E-state index is 0.0426. The number of rotatable bonds is 7. The Labute approximate surface area is 117 Å². The van der Waals surface area contributed by atoms with Gasteiger partial charge in [-0.15, -0.1) is 0 Å². The van der Waals surface area contributed by atoms with Gasteiger partial charge in [-0.1, -0.05) is 12.1 Å². The van der Waals surface area contributed by atoms with Crippen LogP contribution in [-0.2, 0) is 13.6 Å². The van der Waals surface area contributed by atoms with Crippen molar-refractivity contribution in [2.45, 2.75) is 12.6 Å². The second-order valence-corrected chi connectivity index (χ2v) is 4.55. The molecule has 20 heavy (non-hydrogen) atoms. The van der Waals surface area contributed by atoms with Crippen LogP contribution in [0.4, 0.5) is 4.39 Å². The number of aliphatic hydroxyl groups excluding tert-OH is 1. The fourth-order valence-corrected chi connectivity index (χ4v) is 1.75. The lowest BCUT2D eigenvalue weighted by Gasteiger charge is -2.13. The Morgan fingerprint density at radius 2 is 2.25 bits per heavy atom. The van der Waals surface area contributed by atoms with Crippen LogP contribution in [0.1, 0.15) is 5.56 Å². The van der Waals surface area contributed by atoms with E-state index in [-0.39, 0.29) is 12.4 Å². The van der Waals surface area contributed by atoms with Gasteiger partial charge in [-0.3, -0.25) is 4.68 Å². The molecule has 0 saturated heterocycles. The van der Waals surface area contributed by atoms with Gasteiger partial charge in [0.15, 0.2) is 11.6 Å². The van der Waals surface area contributed by atoms with E-state index in [0.29, 0.717) is 13.1 Å². The van der Waals surface area contributed by atoms with E-state index in [9.17, 15) is 9.50 Å². The van der Waals surface area contributed by atoms with Gasteiger partial charge in [0.05, 0.1) is 6.20 Å². The van der Waals surface area contributed by atoms with Crippen LogP contribution >= 0.6 is 0 Å². The standard InChI is InChI=1S/C14H18FN3O2/c1-18-9-11(7-17-18)6-16-8-12(19)10-20-14-5-3-2-4-13(14)15/h2-5,7,9,12,16,19H,6,8,10H2,1H3. The van der Waals surface area contributed by atoms with E-state index in [4.69, 9.17) is 4.74 Å². The lowest BCUT2D eigenvalue weighted by molar-refractivity contribution is 0.104. The van der Waals surface area contributed by atoms with Crippen LogP contribution in [0.3, 0.4) is 0 Å². The fraction of sp³-hybridized carbons (Fsp3) is 0.357. The summed E-state index contributed by atoms with van der Waals surface area (Å²) in [5, 5.41) is 16.9. The molecule has 0 aliphatic rings. The number of hydrogen-bond acceptors (Lipinski definition) is 4. The average molecular weight is 279 g/mol. The summed E-state index contributed by atoms with van der Waals surface area (Å²) in [6.45, 7) is 1.02. The quantitative estimate of drug-likeness (QED) is 0.796. The van der Waals surface area contributed by atoms with E-state index < -0.39 is 11.9 Å². The van der Waals surface area contributed by atoms with Crippen LogP contribution in [0.15, 0.2) is 36.7 Å². The smallest absolute Gasteiger partial charge is 0.165 e. The fourth-order valence-electron chi connectivity index (χ4n) is 1.75. The Bertz CT molecular complexity index is 545. The number of benzene rings is 1. The molecule has 6 heteroatoms. The molecule has 1 aromatic heterocycles. The third-order valence-corrected chi connectivity index (χ3v) is 2.74. The normalized spacial score (nSPS) is 12.3. The van der Waals surface area contributed by atoms with Crippen molar-refractivity contribution in [2.75, 3.05) is 13.2 Å². The minimum atomic E-state index is -0.703. The summed E-state index contributed by atoms with van der Waals surface area (Å²) in [4.78, 5) is 0. The summed E-state index contributed by atoms with van der Waals surface area (Å²) in [6, 6.07) is 6.13. The van der Waals surface area contributed by atoms with Gasteiger partial charge in [-0.05, 0) is 12.1 Å². The number of aliphatic hydroxyl groups is 1. The molecule has 0 aliphatic heterocycles. The Kier molecular flexibility index (Phi) is 5.09. The SMILES string of the molecule is Cn1cc(CNCC(O)COc2ccccc2F)cn1. The molecule has 1 atom stereocenters. The monoisotopic (exact) mass is 279 g/mol. The molecule has 108 valence electrons. The van der Waals surface area contributed by atoms with Gasteiger partial charge in [0.1, 0.15) is 12.7 Å². The van der Waals surface area contributed by atoms with Gasteiger partial charge in [-0.2, -0.15) is 5.10 Å². The van der Waals surface area contributed by atoms with Crippen molar-refractivity contribution in [2.24, 2.45) is 7.05 Å². The second-order valence-electron chi connectivity index (χ2n) is 4.55. The summed E-state index contributed by atoms with van der Waals surface area (Å²) >= 11 is 0. The molecule has 0 bridgehead atoms. The predicted octanol–water partition coefficient (Wildman–Crippen LogP) is 1.09. The molecular weight excluding hydrogens is 261 g/mol. The third kappa shape index (κ3) is 4.32. The number of hydrogen-bond donors (Lipinski definition) is 2. The van der Waals surface area contributed by atoms with E-state index in [1.807, 2.05) is 13.2 Å². The second kappa shape index (κ2) is 7.02. The summed E-state index contributed by atoms with van der Waals surface area (Å²) < 4.78 is 20.2. The lowest BCUT2D eigenvalue weighted by Crippen LogP contribution is -2.31. The molecule has 5 nitrogen and oxygen atoms in total. The van der Waals surface area contributed by atoms with Crippen LogP contribution in [0, 0.1) is 5.82 Å². The first-order valence-electron chi connectivity index (χ1n) is 6.39. The highest BCUT2D eigenvalue weighted by molar-refractivity contribution is 5.23. The largest absolute Gasteiger partial charge is 0.488 e. The van der Waals surface area contributed by atoms with Gasteiger partial charge in [0, 0.05) is 31.9 Å². The van der Waals surface area contributed by atoms with E-state index in [1.165, 1.54) is 12.1 Å². The molecule has 1 heterocycles. The number of aromatic nitrogens is 2. The summed E-state index contributed by atoms with van der Waals surface area (Å²) in [5.74, 6) is -0.276. The molecule has 1 unspecified atom stereocenters. The molecule has 0 radical (unpaired) electrons. The molecule has 0 amide bonds. The van der Waals surface area contributed by atoms with E-state index >= 15 is 0 Å². The maximum atomic E-state index is 13.3. The third-order valence-electron chi connectivity index (χ3n) is 2.74. The van der Waals surface area contributed by atoms with Crippen molar-refractivity contribution in [1.29, 1.82) is 0 Å². The Balaban J connectivity index is 1.68. The van der Waals surface area contributed by atoms with Crippen molar-refractivity contribution in [3.63, 3.8) is 0 Å². The van der Waals surface area contributed by atoms with Crippen molar-refractivity contribution >= 4 is 0 Å². The zero-order valence-corrected chi connectivity index (χ0v) is 11.3. The minimum Gasteiger partial charge on any atom is -0.488 e. The van der Waals surface area contributed by atoms with Crippen LogP contribution in [0.25, 0.3) is 0 Å². The molecule has 2 aromatic rings. The first-order chi connectivity index (χ1) is 9.65. The summed E-state index contributed by atoms with van der Waals surface area (Å²) in [5.41, 5.74) is 1.04. The topological polar surface area (TPSA) is 59.3 Å². The van der Waals surface area contributed by atoms with Gasteiger partial charge >= 0.3 is 0 Å². The Morgan fingerprint density at radius 3 is 2.95 bits per heavy atom. The Morgan fingerprint density at radius 1 is 1.45 bits per heavy atom. The zero-order valence-electron chi connectivity index (χ0n) is 11.3. The van der Waals surface area contributed by atoms with Gasteiger partial charge < -0.3 is 15.2 Å². The first-order valence-corrected chi connectivity index (χ1v) is 6.39. The average Bonchev–Trinajstić information content (AvgIpc) is 2.83. The molecule has 0 saturated carbocycles. The predicted molar refractivity (Wildman–Crippen MR) is 72.8 cm³/mol. The first kappa shape index (κ1) is 14.5. The van der Waals surface area contributed by atoms with Gasteiger partial charge in [0.25, 0.3) is 0 Å². The molecule has 2 rings (SSSR count). The highest BCUT2D eigenvalue weighted by atomic mass is 19.1. The number of nitrogens with zero attached hydrogens (tertiary/aromatic N) is 2. The highest BCUT2D eigenvalue weighted by Crippen LogP contribution is 2.15. The molecule has 1 aromatic carbocycles. The molecule has 0 spiro atoms. The van der Waals surface area contributed by atoms with E-state index in [1.54, 1.807) is 23.0 Å². The number of aryl methyl sites for hydroxylation is 1. The molecule has 0 aliphatic carbocycles. The summed E-state index contributed by atoms with van der Waals surface area (Å²) in [7, 11) is 1.85. The lowest BCUT2D eigenvalue weighted by atomic mass is 10.3. The molecular formula is C14H18FN3O2. The number of ether oxygens (including phenoxy) is 1. The Hall–Kier alpha value is -1.92. The number of nitrogens with one attached hydrogen (secondary N) is 1. The van der Waals surface area contributed by atoms with Crippen molar-refractivity contribution in [3.8, 4) is 5.75 Å². The van der Waals surface area contributed by atoms with Crippen LogP contribution in [-0.4, -0.2) is 34.1 Å². The van der Waals surface area contributed by atoms with Crippen LogP contribution < -0.4 is 10.1 Å². The molecule has 2 N–H and O–H groups in total. The van der Waals surface area contributed by atoms with Crippen molar-refractivity contribution in [3.05, 3.63) is 48.0 Å². The van der Waals surface area contributed by atoms with Crippen LogP contribution in [0.2, 0.25) is 0 Å². The van der Waals surface area contributed by atoms with Crippen molar-refractivity contribution in [1.82, 2.24) is 15.1 Å². The zero-order chi connectivity index (χ0) is 14.4. The maximum Gasteiger partial charge on any atom is 0.165 e. The summed E-state index contributed by atoms with van der Waals surface area (Å²) in [6.07, 6.45) is 2.95. The maximum absolute atomic E-state index is 13.3.